The molecular formula is C23H29FN2O. The fourth-order valence-electron chi connectivity index (χ4n) is 3.89. The number of halogens is 1. The lowest BCUT2D eigenvalue weighted by atomic mass is 9.86. The summed E-state index contributed by atoms with van der Waals surface area (Å²) in [5.41, 5.74) is 6.60. The molecule has 0 N–H and O–H groups in total. The first kappa shape index (κ1) is 19.5. The Labute approximate surface area is 161 Å². The van der Waals surface area contributed by atoms with Gasteiger partial charge < -0.3 is 4.90 Å². The zero-order chi connectivity index (χ0) is 19.8. The number of carbonyl (C=O) groups excluding carboxylic acids is 1. The quantitative estimate of drug-likeness (QED) is 0.716. The van der Waals surface area contributed by atoms with Crippen LogP contribution in [0.25, 0.3) is 0 Å². The first-order valence-corrected chi connectivity index (χ1v) is 9.63. The molecule has 2 aromatic rings. The predicted molar refractivity (Wildman–Crippen MR) is 108 cm³/mol. The molecule has 0 spiro atoms. The fraction of sp³-hybridized carbons (Fsp3) is 0.478. The van der Waals surface area contributed by atoms with Gasteiger partial charge in [-0.2, -0.15) is 4.39 Å². The normalized spacial score (nSPS) is 14.2. The molecule has 1 aromatic heterocycles. The van der Waals surface area contributed by atoms with Gasteiger partial charge in [-0.3, -0.25) is 4.79 Å². The minimum absolute atomic E-state index is 0.0214. The van der Waals surface area contributed by atoms with Gasteiger partial charge in [0.15, 0.2) is 0 Å². The van der Waals surface area contributed by atoms with Crippen LogP contribution in [0.2, 0.25) is 0 Å². The number of benzene rings is 1. The molecule has 1 aliphatic heterocycles. The van der Waals surface area contributed by atoms with Crippen molar-refractivity contribution in [2.75, 3.05) is 11.4 Å². The second kappa shape index (κ2) is 7.41. The van der Waals surface area contributed by atoms with Crippen LogP contribution in [0.3, 0.4) is 0 Å². The van der Waals surface area contributed by atoms with Gasteiger partial charge in [-0.1, -0.05) is 26.8 Å². The van der Waals surface area contributed by atoms with Crippen molar-refractivity contribution in [2.45, 2.75) is 60.4 Å². The number of fused-ring (bicyclic) bond motifs is 1. The molecule has 0 aliphatic carbocycles. The van der Waals surface area contributed by atoms with Gasteiger partial charge in [-0.05, 0) is 59.7 Å². The number of hydrogen-bond acceptors (Lipinski definition) is 3. The van der Waals surface area contributed by atoms with Crippen molar-refractivity contribution >= 4 is 11.5 Å². The predicted octanol–water partition coefficient (Wildman–Crippen LogP) is 4.95. The number of rotatable bonds is 4. The van der Waals surface area contributed by atoms with Crippen LogP contribution < -0.4 is 4.90 Å². The molecule has 0 amide bonds. The Morgan fingerprint density at radius 2 is 1.85 bits per heavy atom. The molecule has 1 aliphatic rings. The zero-order valence-corrected chi connectivity index (χ0v) is 17.0. The minimum atomic E-state index is -0.404. The van der Waals surface area contributed by atoms with E-state index in [1.54, 1.807) is 0 Å². The highest BCUT2D eigenvalue weighted by molar-refractivity contribution is 5.82. The summed E-state index contributed by atoms with van der Waals surface area (Å²) >= 11 is 0. The van der Waals surface area contributed by atoms with Crippen molar-refractivity contribution in [1.29, 1.82) is 0 Å². The number of nitrogens with zero attached hydrogens (tertiary/aromatic N) is 2. The van der Waals surface area contributed by atoms with E-state index in [9.17, 15) is 9.18 Å². The van der Waals surface area contributed by atoms with Gasteiger partial charge >= 0.3 is 0 Å². The van der Waals surface area contributed by atoms with E-state index in [2.05, 4.69) is 56.6 Å². The van der Waals surface area contributed by atoms with E-state index < -0.39 is 5.95 Å². The maximum atomic E-state index is 13.3. The third kappa shape index (κ3) is 4.74. The molecule has 27 heavy (non-hydrogen) atoms. The van der Waals surface area contributed by atoms with Crippen LogP contribution in [0.4, 0.5) is 10.1 Å². The Bertz CT molecular complexity index is 844. The number of ketones is 1. The number of anilines is 1. The lowest BCUT2D eigenvalue weighted by molar-refractivity contribution is -0.120. The van der Waals surface area contributed by atoms with E-state index in [-0.39, 0.29) is 5.41 Å². The second-order valence-corrected chi connectivity index (χ2v) is 8.92. The van der Waals surface area contributed by atoms with Crippen LogP contribution in [-0.2, 0) is 24.2 Å². The lowest BCUT2D eigenvalue weighted by Crippen LogP contribution is -2.31. The van der Waals surface area contributed by atoms with Crippen molar-refractivity contribution in [1.82, 2.24) is 4.98 Å². The molecule has 0 fully saturated rings. The smallest absolute Gasteiger partial charge is 0.213 e. The van der Waals surface area contributed by atoms with E-state index in [4.69, 9.17) is 0 Å². The third-order valence-electron chi connectivity index (χ3n) is 5.16. The molecule has 0 bridgehead atoms. The molecule has 4 heteroatoms. The monoisotopic (exact) mass is 368 g/mol. The zero-order valence-electron chi connectivity index (χ0n) is 17.0. The van der Waals surface area contributed by atoms with Gasteiger partial charge in [-0.15, -0.1) is 0 Å². The van der Waals surface area contributed by atoms with Crippen LogP contribution >= 0.6 is 0 Å². The minimum Gasteiger partial charge on any atom is -0.367 e. The Morgan fingerprint density at radius 3 is 2.48 bits per heavy atom. The number of carbonyl (C=O) groups is 1. The van der Waals surface area contributed by atoms with Crippen molar-refractivity contribution in [2.24, 2.45) is 5.41 Å². The summed E-state index contributed by atoms with van der Waals surface area (Å²) in [4.78, 5) is 18.8. The Morgan fingerprint density at radius 1 is 1.19 bits per heavy atom. The number of pyridine rings is 1. The topological polar surface area (TPSA) is 33.2 Å². The maximum Gasteiger partial charge on any atom is 0.213 e. The highest BCUT2D eigenvalue weighted by atomic mass is 19.1. The lowest BCUT2D eigenvalue weighted by Gasteiger charge is -2.31. The maximum absolute atomic E-state index is 13.3. The van der Waals surface area contributed by atoms with Gasteiger partial charge in [0.25, 0.3) is 0 Å². The van der Waals surface area contributed by atoms with Crippen molar-refractivity contribution in [3.63, 3.8) is 0 Å². The van der Waals surface area contributed by atoms with E-state index >= 15 is 0 Å². The first-order chi connectivity index (χ1) is 12.6. The summed E-state index contributed by atoms with van der Waals surface area (Å²) in [5.74, 6) is -0.111. The molecule has 0 atom stereocenters. The molecule has 0 saturated carbocycles. The van der Waals surface area contributed by atoms with Crippen LogP contribution in [0, 0.1) is 25.2 Å². The Kier molecular flexibility index (Phi) is 5.36. The van der Waals surface area contributed by atoms with Crippen molar-refractivity contribution in [3.8, 4) is 0 Å². The summed E-state index contributed by atoms with van der Waals surface area (Å²) in [5, 5.41) is 0. The fourth-order valence-corrected chi connectivity index (χ4v) is 3.89. The first-order valence-electron chi connectivity index (χ1n) is 9.63. The average molecular weight is 368 g/mol. The number of Topliss-reactive ketones (excluding diaryl/α,β-unsaturated/α-hetero) is 1. The molecule has 3 rings (SSSR count). The van der Waals surface area contributed by atoms with Gasteiger partial charge in [-0.25, -0.2) is 4.98 Å². The van der Waals surface area contributed by atoms with Gasteiger partial charge in [0.2, 0.25) is 5.95 Å². The molecule has 0 radical (unpaired) electrons. The SMILES string of the molecule is Cc1cc(N2CCc3nc(F)ccc3C2)cc(C)c1CC(=O)CC(C)(C)C. The van der Waals surface area contributed by atoms with Gasteiger partial charge in [0, 0.05) is 38.0 Å². The molecule has 3 nitrogen and oxygen atoms in total. The molecule has 144 valence electrons. The Hall–Kier alpha value is -2.23. The third-order valence-corrected chi connectivity index (χ3v) is 5.16. The highest BCUT2D eigenvalue weighted by Crippen LogP contribution is 2.29. The van der Waals surface area contributed by atoms with Crippen molar-refractivity contribution in [3.05, 3.63) is 58.2 Å². The summed E-state index contributed by atoms with van der Waals surface area (Å²) in [6, 6.07) is 7.62. The largest absolute Gasteiger partial charge is 0.367 e. The summed E-state index contributed by atoms with van der Waals surface area (Å²) in [7, 11) is 0. The van der Waals surface area contributed by atoms with Crippen LogP contribution in [-0.4, -0.2) is 17.3 Å². The summed E-state index contributed by atoms with van der Waals surface area (Å²) < 4.78 is 13.3. The van der Waals surface area contributed by atoms with E-state index in [0.29, 0.717) is 18.6 Å². The summed E-state index contributed by atoms with van der Waals surface area (Å²) in [6.45, 7) is 12.0. The summed E-state index contributed by atoms with van der Waals surface area (Å²) in [6.07, 6.45) is 1.85. The number of aromatic nitrogens is 1. The van der Waals surface area contributed by atoms with Gasteiger partial charge in [0.05, 0.1) is 5.69 Å². The standard InChI is InChI=1S/C23H29FN2O/c1-15-10-18(11-16(2)20(15)12-19(27)13-23(3,4)5)26-9-8-21-17(14-26)6-7-22(24)25-21/h6-7,10-11H,8-9,12-14H2,1-5H3. The number of hydrogen-bond donors (Lipinski definition) is 0. The van der Waals surface area contributed by atoms with E-state index in [0.717, 1.165) is 53.1 Å². The number of aryl methyl sites for hydroxylation is 2. The molecule has 2 heterocycles. The van der Waals surface area contributed by atoms with Crippen molar-refractivity contribution < 1.29 is 9.18 Å². The molecular weight excluding hydrogens is 339 g/mol. The second-order valence-electron chi connectivity index (χ2n) is 8.92. The van der Waals surface area contributed by atoms with Crippen LogP contribution in [0.15, 0.2) is 24.3 Å². The van der Waals surface area contributed by atoms with Gasteiger partial charge in [0.1, 0.15) is 5.78 Å². The van der Waals surface area contributed by atoms with E-state index in [1.165, 1.54) is 6.07 Å². The van der Waals surface area contributed by atoms with E-state index in [1.807, 2.05) is 6.07 Å². The van der Waals surface area contributed by atoms with Crippen LogP contribution in [0.1, 0.15) is 55.1 Å². The highest BCUT2D eigenvalue weighted by Gasteiger charge is 2.21. The Balaban J connectivity index is 1.79. The molecule has 1 aromatic carbocycles. The average Bonchev–Trinajstić information content (AvgIpc) is 2.56. The molecule has 0 saturated heterocycles. The van der Waals surface area contributed by atoms with Crippen LogP contribution in [0.5, 0.6) is 0 Å². The molecule has 0 unspecified atom stereocenters.